The molecule has 0 aliphatic rings. The summed E-state index contributed by atoms with van der Waals surface area (Å²) in [5, 5.41) is 4.15. The number of ether oxygens (including phenoxy) is 2. The molecule has 40 heavy (non-hydrogen) atoms. The third-order valence-corrected chi connectivity index (χ3v) is 7.85. The molecule has 0 radical (unpaired) electrons. The van der Waals surface area contributed by atoms with Gasteiger partial charge < -0.3 is 30.9 Å². The SMILES string of the molecule is COc1ccc(-c2cc3cc(Cl)c(Cl)cc3[nH]2)cc1N.COc1ccc(-c2cc3cc(Cl)c(Cl)cc3[nH]2)cc1N. The van der Waals surface area contributed by atoms with Crippen LogP contribution >= 0.6 is 46.4 Å². The molecular formula is C30H24Cl4N4O2. The largest absolute Gasteiger partial charge is 0.495 e. The van der Waals surface area contributed by atoms with Crippen LogP contribution in [0, 0.1) is 0 Å². The van der Waals surface area contributed by atoms with Gasteiger partial charge in [-0.3, -0.25) is 0 Å². The molecule has 0 amide bonds. The van der Waals surface area contributed by atoms with E-state index in [9.17, 15) is 0 Å². The zero-order chi connectivity index (χ0) is 28.6. The fourth-order valence-corrected chi connectivity index (χ4v) is 5.04. The van der Waals surface area contributed by atoms with Gasteiger partial charge in [0.15, 0.2) is 0 Å². The third-order valence-electron chi connectivity index (χ3n) is 6.40. The van der Waals surface area contributed by atoms with Gasteiger partial charge in [0, 0.05) is 44.3 Å². The van der Waals surface area contributed by atoms with E-state index in [4.69, 9.17) is 67.3 Å². The van der Waals surface area contributed by atoms with E-state index in [1.807, 2.05) is 72.8 Å². The number of hydrogen-bond donors (Lipinski definition) is 4. The number of aromatic nitrogens is 2. The summed E-state index contributed by atoms with van der Waals surface area (Å²) in [4.78, 5) is 6.61. The highest BCUT2D eigenvalue weighted by Gasteiger charge is 2.10. The smallest absolute Gasteiger partial charge is 0.141 e. The zero-order valence-electron chi connectivity index (χ0n) is 21.4. The number of nitrogens with two attached hydrogens (primary N) is 2. The minimum Gasteiger partial charge on any atom is -0.495 e. The van der Waals surface area contributed by atoms with Crippen molar-refractivity contribution in [3.63, 3.8) is 0 Å². The lowest BCUT2D eigenvalue weighted by atomic mass is 10.1. The number of aromatic amines is 2. The van der Waals surface area contributed by atoms with E-state index in [0.29, 0.717) is 43.0 Å². The van der Waals surface area contributed by atoms with Crippen molar-refractivity contribution in [3.8, 4) is 34.0 Å². The molecule has 0 aliphatic heterocycles. The number of fused-ring (bicyclic) bond motifs is 2. The highest BCUT2D eigenvalue weighted by molar-refractivity contribution is 6.43. The Morgan fingerprint density at radius 1 is 0.525 bits per heavy atom. The first-order valence-electron chi connectivity index (χ1n) is 12.0. The van der Waals surface area contributed by atoms with Gasteiger partial charge in [-0.2, -0.15) is 0 Å². The van der Waals surface area contributed by atoms with Gasteiger partial charge in [0.25, 0.3) is 0 Å². The van der Waals surface area contributed by atoms with Crippen LogP contribution < -0.4 is 20.9 Å². The number of halogens is 4. The second kappa shape index (κ2) is 11.4. The number of methoxy groups -OCH3 is 2. The van der Waals surface area contributed by atoms with Crippen molar-refractivity contribution in [2.45, 2.75) is 0 Å². The Balaban J connectivity index is 0.000000161. The minimum absolute atomic E-state index is 0.529. The summed E-state index contributed by atoms with van der Waals surface area (Å²) < 4.78 is 10.3. The predicted molar refractivity (Wildman–Crippen MR) is 169 cm³/mol. The molecule has 0 fully saturated rings. The molecule has 2 aromatic heterocycles. The molecule has 0 atom stereocenters. The number of nitrogen functional groups attached to an aromatic ring is 2. The van der Waals surface area contributed by atoms with Crippen molar-refractivity contribution in [2.24, 2.45) is 0 Å². The summed E-state index contributed by atoms with van der Waals surface area (Å²) in [7, 11) is 3.19. The standard InChI is InChI=1S/2C15H12Cl2N2O/c2*1-20-15-3-2-8(5-12(15)18)13-6-9-4-10(16)11(17)7-14(9)19-13/h2*2-7,19H,18H2,1H3. The second-order valence-electron chi connectivity index (χ2n) is 8.99. The topological polar surface area (TPSA) is 102 Å². The number of hydrogen-bond acceptors (Lipinski definition) is 4. The first-order chi connectivity index (χ1) is 19.2. The molecule has 4 aromatic carbocycles. The molecule has 6 nitrogen and oxygen atoms in total. The van der Waals surface area contributed by atoms with Crippen LogP contribution in [0.5, 0.6) is 11.5 Å². The van der Waals surface area contributed by atoms with Crippen molar-refractivity contribution >= 4 is 79.6 Å². The van der Waals surface area contributed by atoms with Gasteiger partial charge >= 0.3 is 0 Å². The van der Waals surface area contributed by atoms with E-state index in [1.165, 1.54) is 0 Å². The van der Waals surface area contributed by atoms with Crippen molar-refractivity contribution in [1.82, 2.24) is 9.97 Å². The van der Waals surface area contributed by atoms with Gasteiger partial charge in [-0.15, -0.1) is 0 Å². The Morgan fingerprint density at radius 2 is 0.900 bits per heavy atom. The predicted octanol–water partition coefficient (Wildman–Crippen LogP) is 9.46. The van der Waals surface area contributed by atoms with Crippen LogP contribution in [0.2, 0.25) is 20.1 Å². The quantitative estimate of drug-likeness (QED) is 0.149. The van der Waals surface area contributed by atoms with Crippen molar-refractivity contribution < 1.29 is 9.47 Å². The third kappa shape index (κ3) is 5.62. The molecule has 0 unspecified atom stereocenters. The van der Waals surface area contributed by atoms with Crippen LogP contribution in [0.15, 0.2) is 72.8 Å². The lowest BCUT2D eigenvalue weighted by Gasteiger charge is -2.05. The Bertz CT molecular complexity index is 1650. The van der Waals surface area contributed by atoms with Crippen LogP contribution in [0.25, 0.3) is 44.3 Å². The molecule has 0 saturated carbocycles. The first-order valence-corrected chi connectivity index (χ1v) is 13.5. The molecule has 6 N–H and O–H groups in total. The maximum Gasteiger partial charge on any atom is 0.141 e. The van der Waals surface area contributed by atoms with Gasteiger partial charge in [-0.1, -0.05) is 46.4 Å². The summed E-state index contributed by atoms with van der Waals surface area (Å²) in [6.07, 6.45) is 0. The summed E-state index contributed by atoms with van der Waals surface area (Å²) in [5.41, 5.74) is 18.8. The normalized spacial score (nSPS) is 10.9. The Hall–Kier alpha value is -3.68. The lowest BCUT2D eigenvalue weighted by molar-refractivity contribution is 0.417. The fourth-order valence-electron chi connectivity index (χ4n) is 4.37. The summed E-state index contributed by atoms with van der Waals surface area (Å²) in [5.74, 6) is 1.33. The van der Waals surface area contributed by atoms with E-state index in [2.05, 4.69) is 9.97 Å². The molecule has 0 spiro atoms. The van der Waals surface area contributed by atoms with E-state index in [1.54, 1.807) is 14.2 Å². The van der Waals surface area contributed by atoms with Gasteiger partial charge in [0.05, 0.1) is 45.7 Å². The Labute approximate surface area is 250 Å². The number of H-pyrrole nitrogens is 2. The molecule has 6 rings (SSSR count). The molecule has 2 heterocycles. The average molecular weight is 614 g/mol. The summed E-state index contributed by atoms with van der Waals surface area (Å²) >= 11 is 24.1. The molecule has 0 aliphatic carbocycles. The second-order valence-corrected chi connectivity index (χ2v) is 10.6. The van der Waals surface area contributed by atoms with Crippen LogP contribution in [-0.4, -0.2) is 24.2 Å². The average Bonchev–Trinajstić information content (AvgIpc) is 3.53. The highest BCUT2D eigenvalue weighted by atomic mass is 35.5. The fraction of sp³-hybridized carbons (Fsp3) is 0.0667. The molecule has 10 heteroatoms. The number of anilines is 2. The molecule has 6 aromatic rings. The summed E-state index contributed by atoms with van der Waals surface area (Å²) in [6.45, 7) is 0. The maximum atomic E-state index is 6.03. The maximum absolute atomic E-state index is 6.03. The number of nitrogens with one attached hydrogen (secondary N) is 2. The van der Waals surface area contributed by atoms with Crippen LogP contribution in [-0.2, 0) is 0 Å². The first kappa shape index (κ1) is 27.9. The monoisotopic (exact) mass is 612 g/mol. The van der Waals surface area contributed by atoms with Gasteiger partial charge in [-0.25, -0.2) is 0 Å². The molecular weight excluding hydrogens is 590 g/mol. The molecule has 0 saturated heterocycles. The van der Waals surface area contributed by atoms with E-state index >= 15 is 0 Å². The van der Waals surface area contributed by atoms with Gasteiger partial charge in [0.1, 0.15) is 11.5 Å². The van der Waals surface area contributed by atoms with E-state index in [-0.39, 0.29) is 0 Å². The molecule has 204 valence electrons. The Kier molecular flexibility index (Phi) is 7.97. The Morgan fingerprint density at radius 3 is 1.25 bits per heavy atom. The highest BCUT2D eigenvalue weighted by Crippen LogP contribution is 2.34. The van der Waals surface area contributed by atoms with E-state index < -0.39 is 0 Å². The summed E-state index contributed by atoms with van der Waals surface area (Å²) in [6, 6.07) is 22.7. The zero-order valence-corrected chi connectivity index (χ0v) is 24.4. The number of rotatable bonds is 4. The van der Waals surface area contributed by atoms with Crippen molar-refractivity contribution in [2.75, 3.05) is 25.7 Å². The van der Waals surface area contributed by atoms with Crippen LogP contribution in [0.1, 0.15) is 0 Å². The van der Waals surface area contributed by atoms with Gasteiger partial charge in [0.2, 0.25) is 0 Å². The van der Waals surface area contributed by atoms with Crippen molar-refractivity contribution in [3.05, 3.63) is 92.9 Å². The van der Waals surface area contributed by atoms with Gasteiger partial charge in [-0.05, 0) is 72.8 Å². The van der Waals surface area contributed by atoms with Crippen LogP contribution in [0.3, 0.4) is 0 Å². The van der Waals surface area contributed by atoms with E-state index in [0.717, 1.165) is 44.3 Å². The molecule has 0 bridgehead atoms. The van der Waals surface area contributed by atoms with Crippen LogP contribution in [0.4, 0.5) is 11.4 Å². The number of benzene rings is 4. The lowest BCUT2D eigenvalue weighted by Crippen LogP contribution is -1.92. The van der Waals surface area contributed by atoms with Crippen molar-refractivity contribution in [1.29, 1.82) is 0 Å². The minimum atomic E-state index is 0.529.